The fourth-order valence-corrected chi connectivity index (χ4v) is 2.67. The molecule has 0 unspecified atom stereocenters. The molecule has 0 radical (unpaired) electrons. The van der Waals surface area contributed by atoms with E-state index < -0.39 is 12.7 Å². The van der Waals surface area contributed by atoms with Gasteiger partial charge in [0.1, 0.15) is 0 Å². The van der Waals surface area contributed by atoms with Gasteiger partial charge in [-0.15, -0.1) is 0 Å². The van der Waals surface area contributed by atoms with Crippen LogP contribution in [0.25, 0.3) is 0 Å². The Morgan fingerprint density at radius 1 is 1.46 bits per heavy atom. The summed E-state index contributed by atoms with van der Waals surface area (Å²) in [6.07, 6.45) is 2.09. The molecule has 0 aromatic carbocycles. The quantitative estimate of drug-likeness (QED) is 0.747. The highest BCUT2D eigenvalue weighted by Gasteiger charge is 2.26. The van der Waals surface area contributed by atoms with Crippen molar-refractivity contribution in [3.63, 3.8) is 0 Å². The maximum Gasteiger partial charge on any atom is 0.345 e. The first-order chi connectivity index (χ1) is 12.3. The van der Waals surface area contributed by atoms with Crippen LogP contribution in [0.3, 0.4) is 0 Å². The van der Waals surface area contributed by atoms with Gasteiger partial charge in [-0.1, -0.05) is 0 Å². The van der Waals surface area contributed by atoms with E-state index in [1.165, 1.54) is 13.1 Å². The second kappa shape index (κ2) is 8.84. The van der Waals surface area contributed by atoms with E-state index >= 15 is 0 Å². The van der Waals surface area contributed by atoms with Crippen LogP contribution < -0.4 is 10.6 Å². The first-order valence-electron chi connectivity index (χ1n) is 8.32. The molecule has 2 rings (SSSR count). The predicted molar refractivity (Wildman–Crippen MR) is 89.9 cm³/mol. The van der Waals surface area contributed by atoms with Gasteiger partial charge in [0.15, 0.2) is 0 Å². The number of halogens is 2. The minimum absolute atomic E-state index is 0.0124. The zero-order valence-electron chi connectivity index (χ0n) is 15.0. The topological polar surface area (TPSA) is 96.5 Å². The van der Waals surface area contributed by atoms with Crippen LogP contribution in [0.15, 0.2) is 6.20 Å². The number of hydrogen-bond donors (Lipinski definition) is 2. The van der Waals surface area contributed by atoms with Crippen LogP contribution in [0.2, 0.25) is 0 Å². The van der Waals surface area contributed by atoms with E-state index in [2.05, 4.69) is 25.3 Å². The van der Waals surface area contributed by atoms with Gasteiger partial charge in [0.05, 0.1) is 17.9 Å². The number of carbonyl (C=O) groups is 2. The van der Waals surface area contributed by atoms with Crippen molar-refractivity contribution in [3.05, 3.63) is 17.5 Å². The molecule has 0 saturated carbocycles. The molecule has 2 amide bonds. The Morgan fingerprint density at radius 2 is 2.19 bits per heavy atom. The number of amides is 2. The van der Waals surface area contributed by atoms with E-state index in [-0.39, 0.29) is 30.4 Å². The molecule has 1 aliphatic heterocycles. The molecule has 26 heavy (non-hydrogen) atoms. The normalized spacial score (nSPS) is 18.1. The molecule has 0 bridgehead atoms. The van der Waals surface area contributed by atoms with E-state index in [4.69, 9.17) is 0 Å². The van der Waals surface area contributed by atoms with Crippen LogP contribution in [0.5, 0.6) is 0 Å². The van der Waals surface area contributed by atoms with Gasteiger partial charge in [0.25, 0.3) is 5.91 Å². The Morgan fingerprint density at radius 3 is 2.77 bits per heavy atom. The van der Waals surface area contributed by atoms with Gasteiger partial charge in [0.2, 0.25) is 11.9 Å². The van der Waals surface area contributed by atoms with Crippen molar-refractivity contribution in [1.82, 2.24) is 20.2 Å². The maximum absolute atomic E-state index is 12.4. The Bertz CT molecular complexity index is 659. The van der Waals surface area contributed by atoms with Crippen molar-refractivity contribution in [3.8, 4) is 0 Å². The molecule has 1 aromatic heterocycles. The summed E-state index contributed by atoms with van der Waals surface area (Å²) < 4.78 is 28.3. The Balaban J connectivity index is 1.92. The van der Waals surface area contributed by atoms with Crippen LogP contribution in [0.4, 0.5) is 14.7 Å². The van der Waals surface area contributed by atoms with Crippen molar-refractivity contribution < 1.29 is 23.1 Å². The Hall–Kier alpha value is -2.36. The lowest BCUT2D eigenvalue weighted by atomic mass is 10.2. The number of likely N-dealkylation sites (tertiary alicyclic amines) is 1. The number of anilines is 1. The van der Waals surface area contributed by atoms with Gasteiger partial charge in [-0.2, -0.15) is 8.78 Å². The minimum atomic E-state index is -2.83. The number of hydrogen-bond acceptors (Lipinski definition) is 6. The second-order valence-corrected chi connectivity index (χ2v) is 6.26. The molecule has 2 heterocycles. The minimum Gasteiger partial charge on any atom is -0.349 e. The number of nitrogens with one attached hydrogen (secondary N) is 2. The fraction of sp³-hybridized carbons (Fsp3) is 0.625. The summed E-state index contributed by atoms with van der Waals surface area (Å²) in [5.41, 5.74) is 0.789. The average Bonchev–Trinajstić information content (AvgIpc) is 3.01. The summed E-state index contributed by atoms with van der Waals surface area (Å²) >= 11 is 0. The largest absolute Gasteiger partial charge is 0.349 e. The molecule has 1 saturated heterocycles. The molecule has 10 heteroatoms. The van der Waals surface area contributed by atoms with E-state index in [1.807, 2.05) is 0 Å². The van der Waals surface area contributed by atoms with E-state index in [1.54, 1.807) is 18.7 Å². The third kappa shape index (κ3) is 5.58. The first kappa shape index (κ1) is 20.0. The number of aryl methyl sites for hydroxylation is 1. The number of nitrogens with zero attached hydrogens (tertiary/aromatic N) is 3. The van der Waals surface area contributed by atoms with Gasteiger partial charge in [-0.05, 0) is 20.3 Å². The van der Waals surface area contributed by atoms with E-state index in [9.17, 15) is 18.4 Å². The van der Waals surface area contributed by atoms with Crippen molar-refractivity contribution in [2.45, 2.75) is 45.9 Å². The summed E-state index contributed by atoms with van der Waals surface area (Å²) in [5, 5.41) is 5.72. The predicted octanol–water partition coefficient (Wildman–Crippen LogP) is 1.18. The molecule has 144 valence electrons. The number of aromatic nitrogens is 2. The van der Waals surface area contributed by atoms with Gasteiger partial charge in [-0.3, -0.25) is 9.59 Å². The zero-order chi connectivity index (χ0) is 19.3. The highest BCUT2D eigenvalue weighted by molar-refractivity contribution is 5.95. The SMILES string of the molecule is CC(=O)N1CC[C@H](NC(=O)c2cnc(N[C@@H](C)COC(F)F)nc2C)C1. The molecular weight excluding hydrogens is 348 g/mol. The van der Waals surface area contributed by atoms with Crippen molar-refractivity contribution in [2.24, 2.45) is 0 Å². The van der Waals surface area contributed by atoms with Gasteiger partial charge >= 0.3 is 6.61 Å². The standard InChI is InChI=1S/C16H23F2N5O3/c1-9(8-26-15(17)18)20-16-19-6-13(10(2)21-16)14(25)22-12-4-5-23(7-12)11(3)24/h6,9,12,15H,4-5,7-8H2,1-3H3,(H,22,25)(H,19,20,21)/t9-,12-/m0/s1. The fourth-order valence-electron chi connectivity index (χ4n) is 2.67. The molecule has 0 aliphatic carbocycles. The van der Waals surface area contributed by atoms with Crippen LogP contribution in [-0.4, -0.2) is 65.1 Å². The summed E-state index contributed by atoms with van der Waals surface area (Å²) in [6.45, 7) is 2.90. The first-order valence-corrected chi connectivity index (χ1v) is 8.32. The summed E-state index contributed by atoms with van der Waals surface area (Å²) in [6, 6.07) is -0.519. The monoisotopic (exact) mass is 371 g/mol. The Kier molecular flexibility index (Phi) is 6.78. The van der Waals surface area contributed by atoms with Crippen LogP contribution in [0, 0.1) is 6.92 Å². The Labute approximate surface area is 150 Å². The smallest absolute Gasteiger partial charge is 0.345 e. The third-order valence-electron chi connectivity index (χ3n) is 4.04. The van der Waals surface area contributed by atoms with E-state index in [0.717, 1.165) is 0 Å². The van der Waals surface area contributed by atoms with E-state index in [0.29, 0.717) is 30.8 Å². The highest BCUT2D eigenvalue weighted by atomic mass is 19.3. The molecule has 1 aromatic rings. The summed E-state index contributed by atoms with van der Waals surface area (Å²) in [4.78, 5) is 33.7. The average molecular weight is 371 g/mol. The van der Waals surface area contributed by atoms with Crippen molar-refractivity contribution in [2.75, 3.05) is 25.0 Å². The number of rotatable bonds is 7. The summed E-state index contributed by atoms with van der Waals surface area (Å²) in [5.74, 6) is -0.0896. The van der Waals surface area contributed by atoms with Crippen molar-refractivity contribution in [1.29, 1.82) is 0 Å². The molecule has 8 nitrogen and oxygen atoms in total. The molecule has 2 N–H and O–H groups in total. The molecular formula is C16H23F2N5O3. The van der Waals surface area contributed by atoms with Crippen LogP contribution in [-0.2, 0) is 9.53 Å². The maximum atomic E-state index is 12.4. The van der Waals surface area contributed by atoms with Crippen molar-refractivity contribution >= 4 is 17.8 Å². The van der Waals surface area contributed by atoms with Gasteiger partial charge in [0, 0.05) is 38.3 Å². The molecule has 1 fully saturated rings. The van der Waals surface area contributed by atoms with Crippen LogP contribution in [0.1, 0.15) is 36.3 Å². The lowest BCUT2D eigenvalue weighted by molar-refractivity contribution is -0.130. The second-order valence-electron chi connectivity index (χ2n) is 6.26. The lowest BCUT2D eigenvalue weighted by Gasteiger charge is -2.16. The zero-order valence-corrected chi connectivity index (χ0v) is 15.0. The molecule has 0 spiro atoms. The highest BCUT2D eigenvalue weighted by Crippen LogP contribution is 2.12. The number of alkyl halides is 2. The van der Waals surface area contributed by atoms with Gasteiger partial charge in [-0.25, -0.2) is 9.97 Å². The number of ether oxygens (including phenoxy) is 1. The molecule has 2 atom stereocenters. The van der Waals surface area contributed by atoms with Gasteiger partial charge < -0.3 is 20.3 Å². The lowest BCUT2D eigenvalue weighted by Crippen LogP contribution is -2.38. The summed E-state index contributed by atoms with van der Waals surface area (Å²) in [7, 11) is 0. The van der Waals surface area contributed by atoms with Crippen LogP contribution >= 0.6 is 0 Å². The third-order valence-corrected chi connectivity index (χ3v) is 4.04. The number of carbonyl (C=O) groups excluding carboxylic acids is 2. The molecule has 1 aliphatic rings.